The number of nitrogens with one attached hydrogen (secondary N) is 1. The van der Waals surface area contributed by atoms with Crippen LogP contribution in [0, 0.1) is 40.7 Å². The van der Waals surface area contributed by atoms with E-state index in [1.165, 1.54) is 24.4 Å². The van der Waals surface area contributed by atoms with E-state index in [1.54, 1.807) is 18.0 Å². The van der Waals surface area contributed by atoms with E-state index in [0.717, 1.165) is 6.42 Å². The van der Waals surface area contributed by atoms with E-state index in [-0.39, 0.29) is 46.7 Å². The predicted molar refractivity (Wildman–Crippen MR) is 127 cm³/mol. The van der Waals surface area contributed by atoms with Crippen molar-refractivity contribution in [2.24, 2.45) is 39.3 Å². The summed E-state index contributed by atoms with van der Waals surface area (Å²) < 4.78 is 29.4. The molecule has 0 aromatic heterocycles. The Balaban J connectivity index is 2.04. The minimum absolute atomic E-state index is 0.0303. The molecular weight excluding hydrogens is 438 g/mol. The van der Waals surface area contributed by atoms with Gasteiger partial charge in [0.2, 0.25) is 11.8 Å². The fourth-order valence-electron chi connectivity index (χ4n) is 5.50. The topological polar surface area (TPSA) is 74.1 Å². The fraction of sp³-hybridized carbons (Fsp3) is 0.538. The molecule has 0 bridgehead atoms. The molecule has 2 fully saturated rings. The van der Waals surface area contributed by atoms with Crippen molar-refractivity contribution in [1.29, 1.82) is 0 Å². The molecule has 8 heteroatoms. The van der Waals surface area contributed by atoms with Crippen molar-refractivity contribution in [3.63, 3.8) is 0 Å². The molecule has 1 saturated carbocycles. The third-order valence-electron chi connectivity index (χ3n) is 7.43. The molecule has 0 radical (unpaired) electrons. The zero-order chi connectivity index (χ0) is 25.0. The maximum Gasteiger partial charge on any atom is 0.229 e. The molecule has 0 spiro atoms. The van der Waals surface area contributed by atoms with Crippen LogP contribution in [0.3, 0.4) is 0 Å². The third-order valence-corrected chi connectivity index (χ3v) is 7.43. The minimum atomic E-state index is -0.788. The van der Waals surface area contributed by atoms with Gasteiger partial charge in [0.1, 0.15) is 11.6 Å². The molecule has 34 heavy (non-hydrogen) atoms. The Morgan fingerprint density at radius 3 is 2.53 bits per heavy atom. The van der Waals surface area contributed by atoms with Crippen molar-refractivity contribution >= 4 is 17.5 Å². The summed E-state index contributed by atoms with van der Waals surface area (Å²) in [6.45, 7) is 10.5. The van der Waals surface area contributed by atoms with E-state index in [4.69, 9.17) is 0 Å². The second-order valence-electron chi connectivity index (χ2n) is 9.79. The lowest BCUT2D eigenvalue weighted by Gasteiger charge is -2.36. The summed E-state index contributed by atoms with van der Waals surface area (Å²) in [6.07, 6.45) is 4.99. The summed E-state index contributed by atoms with van der Waals surface area (Å²) >= 11 is 0. The molecule has 184 valence electrons. The highest BCUT2D eigenvalue weighted by Crippen LogP contribution is 2.52. The average molecular weight is 473 g/mol. The van der Waals surface area contributed by atoms with E-state index < -0.39 is 17.0 Å². The summed E-state index contributed by atoms with van der Waals surface area (Å²) in [4.78, 5) is 27.7. The zero-order valence-electron chi connectivity index (χ0n) is 20.4. The molecule has 3 rings (SSSR count). The van der Waals surface area contributed by atoms with Gasteiger partial charge in [-0.05, 0) is 49.1 Å². The minimum Gasteiger partial charge on any atom is -0.359 e. The van der Waals surface area contributed by atoms with Gasteiger partial charge in [0.05, 0.1) is 22.6 Å². The van der Waals surface area contributed by atoms with Crippen LogP contribution in [0.2, 0.25) is 0 Å². The van der Waals surface area contributed by atoms with Crippen LogP contribution in [0.15, 0.2) is 47.3 Å². The standard InChI is InChI=1S/C26H34F2N4O2/c1-6-30-31-22(23-20(27)8-7-9-21(23)28)14-19-18(16(2)3)10-12-26(19,4)25(34)32-13-11-17(15-32)24(33)29-5/h6-9,14,16-19H,1,10-13,15H2,2-5H3,(H,29,33)/b22-14-,31-30?/t17?,18-,19?,26-/m0/s1. The number of nitrogens with zero attached hydrogens (tertiary/aromatic N) is 3. The Bertz CT molecular complexity index is 986. The second kappa shape index (κ2) is 10.6. The number of amides is 2. The number of azo groups is 1. The number of likely N-dealkylation sites (tertiary alicyclic amines) is 1. The number of hydrogen-bond acceptors (Lipinski definition) is 4. The van der Waals surface area contributed by atoms with E-state index in [1.807, 2.05) is 6.92 Å². The SMILES string of the molecule is C=CN=N/C(=C\C1[C@H](C(C)C)CC[C@]1(C)C(=O)N1CCC(C(=O)NC)C1)c1c(F)cccc1F. The highest BCUT2D eigenvalue weighted by atomic mass is 19.1. The van der Waals surface area contributed by atoms with Crippen LogP contribution < -0.4 is 5.32 Å². The quantitative estimate of drug-likeness (QED) is 0.555. The van der Waals surface area contributed by atoms with Crippen LogP contribution in [0.5, 0.6) is 0 Å². The molecule has 1 aromatic rings. The van der Waals surface area contributed by atoms with Gasteiger partial charge >= 0.3 is 0 Å². The summed E-state index contributed by atoms with van der Waals surface area (Å²) in [5.41, 5.74) is -1.00. The van der Waals surface area contributed by atoms with Crippen molar-refractivity contribution in [3.05, 3.63) is 54.3 Å². The first-order valence-corrected chi connectivity index (χ1v) is 11.8. The van der Waals surface area contributed by atoms with Crippen molar-refractivity contribution in [2.45, 2.75) is 40.0 Å². The Morgan fingerprint density at radius 1 is 1.26 bits per heavy atom. The molecule has 2 aliphatic rings. The van der Waals surface area contributed by atoms with E-state index in [2.05, 4.69) is 36.0 Å². The predicted octanol–water partition coefficient (Wildman–Crippen LogP) is 5.18. The van der Waals surface area contributed by atoms with Crippen molar-refractivity contribution in [3.8, 4) is 0 Å². The number of halogens is 2. The fourth-order valence-corrected chi connectivity index (χ4v) is 5.50. The van der Waals surface area contributed by atoms with E-state index in [0.29, 0.717) is 25.9 Å². The Hall–Kier alpha value is -2.90. The van der Waals surface area contributed by atoms with Gasteiger partial charge in [-0.25, -0.2) is 8.78 Å². The molecule has 1 heterocycles. The van der Waals surface area contributed by atoms with Crippen LogP contribution in [0.25, 0.3) is 5.70 Å². The van der Waals surface area contributed by atoms with Crippen molar-refractivity contribution < 1.29 is 18.4 Å². The van der Waals surface area contributed by atoms with Gasteiger partial charge < -0.3 is 10.2 Å². The molecule has 6 nitrogen and oxygen atoms in total. The maximum absolute atomic E-state index is 14.7. The average Bonchev–Trinajstić information content (AvgIpc) is 3.42. The lowest BCUT2D eigenvalue weighted by molar-refractivity contribution is -0.142. The number of rotatable bonds is 7. The Kier molecular flexibility index (Phi) is 8.00. The van der Waals surface area contributed by atoms with Crippen LogP contribution in [-0.2, 0) is 9.59 Å². The second-order valence-corrected chi connectivity index (χ2v) is 9.79. The van der Waals surface area contributed by atoms with Crippen LogP contribution in [0.1, 0.15) is 45.6 Å². The van der Waals surface area contributed by atoms with Crippen molar-refractivity contribution in [1.82, 2.24) is 10.2 Å². The molecule has 1 saturated heterocycles. The van der Waals surface area contributed by atoms with Gasteiger partial charge in [0, 0.05) is 26.3 Å². The molecule has 1 aromatic carbocycles. The van der Waals surface area contributed by atoms with Gasteiger partial charge in [0.15, 0.2) is 0 Å². The Labute approximate surface area is 200 Å². The van der Waals surface area contributed by atoms with Crippen LogP contribution in [0.4, 0.5) is 8.78 Å². The van der Waals surface area contributed by atoms with E-state index in [9.17, 15) is 18.4 Å². The van der Waals surface area contributed by atoms with Crippen LogP contribution in [-0.4, -0.2) is 36.9 Å². The highest BCUT2D eigenvalue weighted by Gasteiger charge is 2.52. The van der Waals surface area contributed by atoms with Gasteiger partial charge in [-0.15, -0.1) is 0 Å². The molecular formula is C26H34F2N4O2. The molecule has 1 aliphatic carbocycles. The summed E-state index contributed by atoms with van der Waals surface area (Å²) in [7, 11) is 1.60. The van der Waals surface area contributed by atoms with E-state index >= 15 is 0 Å². The first-order chi connectivity index (χ1) is 16.1. The normalized spacial score (nSPS) is 27.6. The first-order valence-electron chi connectivity index (χ1n) is 11.8. The number of carbonyl (C=O) groups excluding carboxylic acids is 2. The van der Waals surface area contributed by atoms with Crippen LogP contribution >= 0.6 is 0 Å². The maximum atomic E-state index is 14.7. The molecule has 1 N–H and O–H groups in total. The molecule has 2 amide bonds. The number of hydrogen-bond donors (Lipinski definition) is 1. The smallest absolute Gasteiger partial charge is 0.229 e. The molecule has 2 unspecified atom stereocenters. The summed E-state index contributed by atoms with van der Waals surface area (Å²) in [6, 6.07) is 3.66. The summed E-state index contributed by atoms with van der Waals surface area (Å²) in [5.74, 6) is -1.74. The van der Waals surface area contributed by atoms with Gasteiger partial charge in [0.25, 0.3) is 0 Å². The molecule has 4 atom stereocenters. The lowest BCUT2D eigenvalue weighted by Crippen LogP contribution is -2.44. The summed E-state index contributed by atoms with van der Waals surface area (Å²) in [5, 5.41) is 10.5. The zero-order valence-corrected chi connectivity index (χ0v) is 20.4. The highest BCUT2D eigenvalue weighted by molar-refractivity contribution is 5.86. The third kappa shape index (κ3) is 4.95. The van der Waals surface area contributed by atoms with Gasteiger partial charge in [-0.1, -0.05) is 39.5 Å². The number of benzene rings is 1. The number of carbonyl (C=O) groups is 2. The van der Waals surface area contributed by atoms with Gasteiger partial charge in [-0.3, -0.25) is 9.59 Å². The lowest BCUT2D eigenvalue weighted by atomic mass is 9.72. The first kappa shape index (κ1) is 25.7. The van der Waals surface area contributed by atoms with Crippen molar-refractivity contribution in [2.75, 3.05) is 20.1 Å². The Morgan fingerprint density at radius 2 is 1.94 bits per heavy atom. The van der Waals surface area contributed by atoms with Gasteiger partial charge in [-0.2, -0.15) is 10.2 Å². The number of allylic oxidation sites excluding steroid dienone is 1. The molecule has 1 aliphatic heterocycles. The monoisotopic (exact) mass is 472 g/mol. The largest absolute Gasteiger partial charge is 0.359 e.